The van der Waals surface area contributed by atoms with Gasteiger partial charge in [0.1, 0.15) is 0 Å². The molecule has 1 N–H and O–H groups in total. The first-order valence-corrected chi connectivity index (χ1v) is 12.8. The number of hydrogen-bond donors (Lipinski definition) is 1. The maximum absolute atomic E-state index is 13.0. The molecule has 2 aliphatic rings. The third-order valence-corrected chi connectivity index (χ3v) is 7.80. The average molecular weight is 453 g/mol. The van der Waals surface area contributed by atoms with Crippen molar-refractivity contribution >= 4 is 16.4 Å². The van der Waals surface area contributed by atoms with Crippen LogP contribution in [0, 0.1) is 6.92 Å². The van der Waals surface area contributed by atoms with Gasteiger partial charge in [-0.3, -0.25) is 0 Å². The smallest absolute Gasteiger partial charge is 0.241 e. The quantitative estimate of drug-likeness (QED) is 0.663. The van der Waals surface area contributed by atoms with Gasteiger partial charge in [0.25, 0.3) is 0 Å². The number of aryl methyl sites for hydroxylation is 1. The zero-order valence-electron chi connectivity index (χ0n) is 18.6. The lowest BCUT2D eigenvalue weighted by Gasteiger charge is -2.38. The van der Waals surface area contributed by atoms with Gasteiger partial charge in [0, 0.05) is 37.9 Å². The van der Waals surface area contributed by atoms with Gasteiger partial charge < -0.3 is 9.80 Å². The maximum atomic E-state index is 13.0. The van der Waals surface area contributed by atoms with Crippen molar-refractivity contribution in [2.45, 2.75) is 43.2 Å². The second-order valence-electron chi connectivity index (χ2n) is 8.61. The lowest BCUT2D eigenvalue weighted by molar-refractivity contribution is 0.156. The fourth-order valence-corrected chi connectivity index (χ4v) is 5.64. The van der Waals surface area contributed by atoms with E-state index in [-0.39, 0.29) is 6.04 Å². The van der Waals surface area contributed by atoms with Crippen LogP contribution in [-0.4, -0.2) is 56.8 Å². The summed E-state index contributed by atoms with van der Waals surface area (Å²) in [5.41, 5.74) is 2.04. The highest BCUT2D eigenvalue weighted by atomic mass is 32.2. The number of rotatable bonds is 8. The SMILES string of the molecule is Cc1ccc(S(=O)(=O)NC(CCN2CCC(N3C=NC=CC3)CC2)c2ccccc2)cc1. The Labute approximate surface area is 191 Å². The topological polar surface area (TPSA) is 65.0 Å². The number of sulfonamides is 1. The average Bonchev–Trinajstić information content (AvgIpc) is 2.83. The Hall–Kier alpha value is -2.48. The molecule has 1 atom stereocenters. The summed E-state index contributed by atoms with van der Waals surface area (Å²) in [5.74, 6) is 0. The molecule has 2 aromatic rings. The van der Waals surface area contributed by atoms with Gasteiger partial charge in [-0.25, -0.2) is 18.1 Å². The lowest BCUT2D eigenvalue weighted by Crippen LogP contribution is -2.45. The summed E-state index contributed by atoms with van der Waals surface area (Å²) in [5, 5.41) is 0. The summed E-state index contributed by atoms with van der Waals surface area (Å²) in [6, 6.07) is 17.1. The molecule has 2 aliphatic heterocycles. The molecule has 0 aliphatic carbocycles. The predicted octanol–water partition coefficient (Wildman–Crippen LogP) is 3.73. The van der Waals surface area contributed by atoms with E-state index in [2.05, 4.69) is 25.6 Å². The number of nitrogens with zero attached hydrogens (tertiary/aromatic N) is 3. The highest BCUT2D eigenvalue weighted by Crippen LogP contribution is 2.23. The molecule has 1 fully saturated rings. The molecule has 0 amide bonds. The van der Waals surface area contributed by atoms with Crippen LogP contribution in [0.3, 0.4) is 0 Å². The second kappa shape index (κ2) is 10.4. The van der Waals surface area contributed by atoms with E-state index in [4.69, 9.17) is 0 Å². The minimum Gasteiger partial charge on any atom is -0.356 e. The number of likely N-dealkylation sites (tertiary alicyclic amines) is 1. The van der Waals surface area contributed by atoms with Crippen molar-refractivity contribution in [2.24, 2.45) is 4.99 Å². The molecule has 0 saturated carbocycles. The number of benzene rings is 2. The monoisotopic (exact) mass is 452 g/mol. The molecule has 2 heterocycles. The van der Waals surface area contributed by atoms with E-state index in [1.807, 2.05) is 61.9 Å². The van der Waals surface area contributed by atoms with Gasteiger partial charge in [-0.1, -0.05) is 48.0 Å². The van der Waals surface area contributed by atoms with E-state index < -0.39 is 10.0 Å². The maximum Gasteiger partial charge on any atom is 0.241 e. The Morgan fingerprint density at radius 1 is 1.06 bits per heavy atom. The Kier molecular flexibility index (Phi) is 7.40. The number of piperidine rings is 1. The standard InChI is InChI=1S/C25H32N4O2S/c1-21-8-10-24(11-9-21)32(30,31)27-25(22-6-3-2-4-7-22)14-19-28-17-12-23(13-18-28)29-16-5-15-26-20-29/h2-11,15,20,23,25,27H,12-14,16-19H2,1H3. The third kappa shape index (κ3) is 5.85. The van der Waals surface area contributed by atoms with E-state index in [9.17, 15) is 8.42 Å². The Bertz CT molecular complexity index is 1030. The van der Waals surface area contributed by atoms with Gasteiger partial charge in [-0.05, 0) is 56.5 Å². The number of hydrogen-bond acceptors (Lipinski definition) is 5. The van der Waals surface area contributed by atoms with Crippen molar-refractivity contribution in [1.82, 2.24) is 14.5 Å². The van der Waals surface area contributed by atoms with Gasteiger partial charge in [-0.15, -0.1) is 0 Å². The van der Waals surface area contributed by atoms with Gasteiger partial charge >= 0.3 is 0 Å². The highest BCUT2D eigenvalue weighted by Gasteiger charge is 2.26. The number of aliphatic imine (C=N–C) groups is 1. The van der Waals surface area contributed by atoms with Gasteiger partial charge in [-0.2, -0.15) is 0 Å². The van der Waals surface area contributed by atoms with E-state index in [1.165, 1.54) is 0 Å². The summed E-state index contributed by atoms with van der Waals surface area (Å²) >= 11 is 0. The first kappa shape index (κ1) is 22.7. The summed E-state index contributed by atoms with van der Waals surface area (Å²) < 4.78 is 29.1. The molecular formula is C25H32N4O2S. The minimum atomic E-state index is -3.60. The zero-order valence-corrected chi connectivity index (χ0v) is 19.4. The van der Waals surface area contributed by atoms with E-state index in [0.29, 0.717) is 10.9 Å². The summed E-state index contributed by atoms with van der Waals surface area (Å²) in [6.45, 7) is 5.78. The van der Waals surface area contributed by atoms with Crippen LogP contribution < -0.4 is 4.72 Å². The highest BCUT2D eigenvalue weighted by molar-refractivity contribution is 7.89. The van der Waals surface area contributed by atoms with Crippen LogP contribution in [0.1, 0.15) is 36.4 Å². The molecule has 4 rings (SSSR count). The fourth-order valence-electron chi connectivity index (χ4n) is 4.38. The molecule has 170 valence electrons. The Morgan fingerprint density at radius 3 is 2.44 bits per heavy atom. The lowest BCUT2D eigenvalue weighted by atomic mass is 10.0. The summed E-state index contributed by atoms with van der Waals surface area (Å²) in [4.78, 5) is 9.33. The molecule has 1 unspecified atom stereocenters. The molecule has 0 aromatic heterocycles. The first-order valence-electron chi connectivity index (χ1n) is 11.3. The van der Waals surface area contributed by atoms with Crippen LogP contribution in [0.4, 0.5) is 0 Å². The molecule has 7 heteroatoms. The molecule has 0 spiro atoms. The van der Waals surface area contributed by atoms with Crippen molar-refractivity contribution in [2.75, 3.05) is 26.2 Å². The predicted molar refractivity (Wildman–Crippen MR) is 129 cm³/mol. The van der Waals surface area contributed by atoms with Crippen LogP contribution in [0.25, 0.3) is 0 Å². The Morgan fingerprint density at radius 2 is 1.78 bits per heavy atom. The summed E-state index contributed by atoms with van der Waals surface area (Å²) in [6.07, 6.45) is 8.83. The largest absolute Gasteiger partial charge is 0.356 e. The van der Waals surface area contributed by atoms with E-state index in [0.717, 1.165) is 56.6 Å². The molecule has 32 heavy (non-hydrogen) atoms. The Balaban J connectivity index is 1.38. The molecule has 6 nitrogen and oxygen atoms in total. The first-order chi connectivity index (χ1) is 15.5. The van der Waals surface area contributed by atoms with E-state index >= 15 is 0 Å². The van der Waals surface area contributed by atoms with Crippen LogP contribution in [0.5, 0.6) is 0 Å². The van der Waals surface area contributed by atoms with Crippen LogP contribution in [0.2, 0.25) is 0 Å². The second-order valence-corrected chi connectivity index (χ2v) is 10.3. The third-order valence-electron chi connectivity index (χ3n) is 6.31. The van der Waals surface area contributed by atoms with Crippen molar-refractivity contribution in [1.29, 1.82) is 0 Å². The van der Waals surface area contributed by atoms with Crippen molar-refractivity contribution < 1.29 is 8.42 Å². The van der Waals surface area contributed by atoms with Gasteiger partial charge in [0.2, 0.25) is 10.0 Å². The van der Waals surface area contributed by atoms with Crippen molar-refractivity contribution in [3.05, 3.63) is 78.0 Å². The normalized spacial score (nSPS) is 18.7. The number of nitrogens with one attached hydrogen (secondary N) is 1. The van der Waals surface area contributed by atoms with Crippen LogP contribution in [-0.2, 0) is 10.0 Å². The van der Waals surface area contributed by atoms with E-state index in [1.54, 1.807) is 12.1 Å². The van der Waals surface area contributed by atoms with Crippen LogP contribution >= 0.6 is 0 Å². The molecule has 0 radical (unpaired) electrons. The van der Waals surface area contributed by atoms with Crippen molar-refractivity contribution in [3.8, 4) is 0 Å². The minimum absolute atomic E-state index is 0.264. The molecular weight excluding hydrogens is 420 g/mol. The molecule has 2 aromatic carbocycles. The molecule has 0 bridgehead atoms. The van der Waals surface area contributed by atoms with Crippen LogP contribution in [0.15, 0.2) is 76.8 Å². The van der Waals surface area contributed by atoms with Gasteiger partial charge in [0.05, 0.1) is 11.2 Å². The molecule has 1 saturated heterocycles. The fraction of sp³-hybridized carbons (Fsp3) is 0.400. The summed E-state index contributed by atoms with van der Waals surface area (Å²) in [7, 11) is -3.60. The van der Waals surface area contributed by atoms with Crippen molar-refractivity contribution in [3.63, 3.8) is 0 Å². The zero-order chi connectivity index (χ0) is 22.4. The van der Waals surface area contributed by atoms with Gasteiger partial charge in [0.15, 0.2) is 0 Å².